The molecule has 32 heavy (non-hydrogen) atoms. The first-order chi connectivity index (χ1) is 15.5. The van der Waals surface area contributed by atoms with Crippen molar-refractivity contribution >= 4 is 28.8 Å². The van der Waals surface area contributed by atoms with Crippen molar-refractivity contribution in [2.24, 2.45) is 18.7 Å². The quantitative estimate of drug-likeness (QED) is 0.640. The number of carbonyl (C=O) groups excluding carboxylic acids is 1. The molecule has 1 amide bonds. The highest BCUT2D eigenvalue weighted by atomic mass is 16.1. The average molecular weight is 449 g/mol. The number of nitrogens with two attached hydrogens (primary N) is 2. The van der Waals surface area contributed by atoms with Crippen LogP contribution in [0.15, 0.2) is 6.33 Å². The molecule has 0 spiro atoms. The first kappa shape index (κ1) is 27.6. The van der Waals surface area contributed by atoms with Crippen LogP contribution < -0.4 is 21.7 Å². The Balaban J connectivity index is 0.000000272. The lowest BCUT2D eigenvalue weighted by atomic mass is 10.1. The number of rotatable bonds is 5. The number of anilines is 2. The van der Waals surface area contributed by atoms with Crippen molar-refractivity contribution in [3.8, 4) is 0 Å². The summed E-state index contributed by atoms with van der Waals surface area (Å²) in [7, 11) is 1.91. The van der Waals surface area contributed by atoms with E-state index in [0.29, 0.717) is 23.7 Å². The highest BCUT2D eigenvalue weighted by Gasteiger charge is 2.18. The molecule has 0 saturated carbocycles. The zero-order valence-electron chi connectivity index (χ0n) is 20.7. The van der Waals surface area contributed by atoms with Crippen LogP contribution in [0.5, 0.6) is 0 Å². The molecule has 1 unspecified atom stereocenters. The van der Waals surface area contributed by atoms with E-state index in [0.717, 1.165) is 44.2 Å². The molecule has 5 N–H and O–H groups in total. The summed E-state index contributed by atoms with van der Waals surface area (Å²) in [5, 5.41) is 3.17. The smallest absolute Gasteiger partial charge is 0.229 e. The molecule has 2 aromatic rings. The topological polar surface area (TPSA) is 128 Å². The van der Waals surface area contributed by atoms with Gasteiger partial charge in [-0.2, -0.15) is 9.97 Å². The number of unbranched alkanes of at least 4 members (excludes halogenated alkanes) is 2. The van der Waals surface area contributed by atoms with Gasteiger partial charge in [0.2, 0.25) is 11.9 Å². The van der Waals surface area contributed by atoms with Gasteiger partial charge >= 0.3 is 0 Å². The van der Waals surface area contributed by atoms with Crippen LogP contribution in [0.3, 0.4) is 0 Å². The van der Waals surface area contributed by atoms with Crippen molar-refractivity contribution in [1.29, 1.82) is 0 Å². The van der Waals surface area contributed by atoms with Gasteiger partial charge in [-0.1, -0.05) is 47.0 Å². The number of hydrogen-bond donors (Lipinski definition) is 3. The van der Waals surface area contributed by atoms with Crippen molar-refractivity contribution in [1.82, 2.24) is 24.8 Å². The lowest BCUT2D eigenvalue weighted by Gasteiger charge is -2.15. The predicted molar refractivity (Wildman–Crippen MR) is 133 cm³/mol. The molecule has 2 fully saturated rings. The third kappa shape index (κ3) is 8.98. The van der Waals surface area contributed by atoms with Crippen LogP contribution in [0.25, 0.3) is 11.2 Å². The number of aryl methyl sites for hydroxylation is 1. The fourth-order valence-electron chi connectivity index (χ4n) is 3.60. The maximum Gasteiger partial charge on any atom is 0.229 e. The van der Waals surface area contributed by atoms with Crippen molar-refractivity contribution < 1.29 is 4.79 Å². The summed E-state index contributed by atoms with van der Waals surface area (Å²) in [5.74, 6) is 1.52. The molecule has 4 rings (SSSR count). The summed E-state index contributed by atoms with van der Waals surface area (Å²) in [4.78, 5) is 25.5. The number of nitrogens with zero attached hydrogens (tertiary/aromatic N) is 5. The summed E-state index contributed by atoms with van der Waals surface area (Å²) in [6.45, 7) is 12.5. The largest absolute Gasteiger partial charge is 0.382 e. The predicted octanol–water partition coefficient (Wildman–Crippen LogP) is 3.24. The number of fused-ring (bicyclic) bond motifs is 1. The minimum Gasteiger partial charge on any atom is -0.382 e. The Kier molecular flexibility index (Phi) is 13.3. The van der Waals surface area contributed by atoms with Crippen LogP contribution in [0.1, 0.15) is 72.6 Å². The zero-order chi connectivity index (χ0) is 23.9. The van der Waals surface area contributed by atoms with Gasteiger partial charge in [-0.05, 0) is 38.3 Å². The lowest BCUT2D eigenvalue weighted by Crippen LogP contribution is -2.21. The standard InChI is InChI=1S/C10H14N6.C6H12N2O.C5H12.C2H6/c1-15-6-12-7-8(11)13-10(14-9(7)15)16-4-2-3-5-16;7-6(9)3-5-1-2-8-4-5;1-3-5-4-2;1-2/h6H,2-5H2,1H3,(H2,11,13,14);5,8H,1-4H2,(H2,7,9);3-5H2,1-2H3;1-2H3. The number of hydrogen-bond acceptors (Lipinski definition) is 7. The van der Waals surface area contributed by atoms with Gasteiger partial charge in [0.15, 0.2) is 11.5 Å². The molecule has 4 heterocycles. The lowest BCUT2D eigenvalue weighted by molar-refractivity contribution is -0.118. The number of nitrogens with one attached hydrogen (secondary N) is 1. The summed E-state index contributed by atoms with van der Waals surface area (Å²) in [6, 6.07) is 0. The van der Waals surface area contributed by atoms with Crippen LogP contribution in [0, 0.1) is 5.92 Å². The molecule has 0 bridgehead atoms. The van der Waals surface area contributed by atoms with E-state index in [-0.39, 0.29) is 5.91 Å². The highest BCUT2D eigenvalue weighted by Crippen LogP contribution is 2.22. The minimum absolute atomic E-state index is 0.177. The van der Waals surface area contributed by atoms with E-state index in [2.05, 4.69) is 39.0 Å². The number of primary amides is 1. The molecule has 1 atom stereocenters. The van der Waals surface area contributed by atoms with E-state index < -0.39 is 0 Å². The number of amides is 1. The molecule has 0 aliphatic carbocycles. The Bertz CT molecular complexity index is 778. The van der Waals surface area contributed by atoms with Gasteiger partial charge in [-0.15, -0.1) is 0 Å². The molecule has 182 valence electrons. The molecule has 2 saturated heterocycles. The number of aromatic nitrogens is 4. The van der Waals surface area contributed by atoms with Gasteiger partial charge in [-0.25, -0.2) is 4.98 Å². The van der Waals surface area contributed by atoms with E-state index in [1.165, 1.54) is 32.1 Å². The van der Waals surface area contributed by atoms with Crippen LogP contribution in [-0.2, 0) is 11.8 Å². The molecule has 2 aromatic heterocycles. The maximum atomic E-state index is 10.3. The number of carbonyl (C=O) groups is 1. The fraction of sp³-hybridized carbons (Fsp3) is 0.739. The Morgan fingerprint density at radius 3 is 2.34 bits per heavy atom. The Labute approximate surface area is 193 Å². The van der Waals surface area contributed by atoms with Crippen molar-refractivity contribution in [3.63, 3.8) is 0 Å². The fourth-order valence-corrected chi connectivity index (χ4v) is 3.60. The summed E-state index contributed by atoms with van der Waals surface area (Å²) in [5.41, 5.74) is 12.4. The zero-order valence-corrected chi connectivity index (χ0v) is 20.7. The molecule has 2 aliphatic rings. The number of imidazole rings is 1. The second-order valence-corrected chi connectivity index (χ2v) is 8.01. The third-order valence-corrected chi connectivity index (χ3v) is 5.32. The Morgan fingerprint density at radius 2 is 1.84 bits per heavy atom. The minimum atomic E-state index is -0.177. The second-order valence-electron chi connectivity index (χ2n) is 8.01. The van der Waals surface area contributed by atoms with Crippen LogP contribution in [-0.4, -0.2) is 51.6 Å². The van der Waals surface area contributed by atoms with Crippen molar-refractivity contribution in [2.75, 3.05) is 36.8 Å². The van der Waals surface area contributed by atoms with E-state index in [1.54, 1.807) is 6.33 Å². The van der Waals surface area contributed by atoms with E-state index in [9.17, 15) is 4.79 Å². The number of nitrogen functional groups attached to an aromatic ring is 1. The molecule has 9 heteroatoms. The molecule has 2 aliphatic heterocycles. The molecule has 0 aromatic carbocycles. The van der Waals surface area contributed by atoms with Crippen LogP contribution in [0.4, 0.5) is 11.8 Å². The summed E-state index contributed by atoms with van der Waals surface area (Å²) in [6.07, 6.45) is 9.84. The molecule has 0 radical (unpaired) electrons. The van der Waals surface area contributed by atoms with E-state index >= 15 is 0 Å². The summed E-state index contributed by atoms with van der Waals surface area (Å²) >= 11 is 0. The van der Waals surface area contributed by atoms with E-state index in [1.807, 2.05) is 25.5 Å². The second kappa shape index (κ2) is 15.4. The molecular formula is C23H44N8O. The molecule has 9 nitrogen and oxygen atoms in total. The van der Waals surface area contributed by atoms with Gasteiger partial charge in [0.25, 0.3) is 0 Å². The monoisotopic (exact) mass is 448 g/mol. The van der Waals surface area contributed by atoms with Gasteiger partial charge < -0.3 is 26.3 Å². The maximum absolute atomic E-state index is 10.3. The highest BCUT2D eigenvalue weighted by molar-refractivity contribution is 5.82. The van der Waals surface area contributed by atoms with Crippen molar-refractivity contribution in [2.45, 2.75) is 72.6 Å². The average Bonchev–Trinajstić information content (AvgIpc) is 3.54. The summed E-state index contributed by atoms with van der Waals surface area (Å²) < 4.78 is 1.87. The van der Waals surface area contributed by atoms with E-state index in [4.69, 9.17) is 11.5 Å². The SMILES string of the molecule is CC.CCCCC.Cn1cnc2c(N)nc(N3CCCC3)nc21.NC(=O)CC1CCNC1. The normalized spacial score (nSPS) is 17.0. The first-order valence-corrected chi connectivity index (χ1v) is 12.1. The molecular weight excluding hydrogens is 404 g/mol. The van der Waals surface area contributed by atoms with Crippen LogP contribution >= 0.6 is 0 Å². The Morgan fingerprint density at radius 1 is 1.19 bits per heavy atom. The van der Waals surface area contributed by atoms with Gasteiger partial charge in [0.1, 0.15) is 5.52 Å². The van der Waals surface area contributed by atoms with Gasteiger partial charge in [-0.3, -0.25) is 4.79 Å². The van der Waals surface area contributed by atoms with Gasteiger partial charge in [0.05, 0.1) is 6.33 Å². The third-order valence-electron chi connectivity index (χ3n) is 5.32. The Hall–Kier alpha value is -2.42. The van der Waals surface area contributed by atoms with Gasteiger partial charge in [0, 0.05) is 26.6 Å². The van der Waals surface area contributed by atoms with Crippen LogP contribution in [0.2, 0.25) is 0 Å². The van der Waals surface area contributed by atoms with Crippen molar-refractivity contribution in [3.05, 3.63) is 6.33 Å². The first-order valence-electron chi connectivity index (χ1n) is 12.1.